The summed E-state index contributed by atoms with van der Waals surface area (Å²) in [6, 6.07) is 9.37. The van der Waals surface area contributed by atoms with Gasteiger partial charge in [0, 0.05) is 0 Å². The Morgan fingerprint density at radius 1 is 1.28 bits per heavy atom. The number of imidazole rings is 1. The summed E-state index contributed by atoms with van der Waals surface area (Å²) in [5.74, 6) is 1.40. The number of nitrogens with one attached hydrogen (secondary N) is 1. The molecule has 0 unspecified atom stereocenters. The summed E-state index contributed by atoms with van der Waals surface area (Å²) in [7, 11) is 0. The van der Waals surface area contributed by atoms with E-state index in [-0.39, 0.29) is 0 Å². The lowest BCUT2D eigenvalue weighted by molar-refractivity contribution is 0.0787. The SMILES string of the molecule is CC(C)(O)c1ccc2nc(-c3ccco3)[nH]c2c1. The van der Waals surface area contributed by atoms with Crippen molar-refractivity contribution in [2.24, 2.45) is 0 Å². The molecule has 3 rings (SSSR count). The van der Waals surface area contributed by atoms with Crippen LogP contribution in [0.25, 0.3) is 22.6 Å². The largest absolute Gasteiger partial charge is 0.461 e. The van der Waals surface area contributed by atoms with Crippen molar-refractivity contribution in [3.8, 4) is 11.6 Å². The van der Waals surface area contributed by atoms with Gasteiger partial charge < -0.3 is 14.5 Å². The molecule has 18 heavy (non-hydrogen) atoms. The van der Waals surface area contributed by atoms with E-state index in [1.807, 2.05) is 30.3 Å². The third kappa shape index (κ3) is 1.80. The summed E-state index contributed by atoms with van der Waals surface area (Å²) in [5, 5.41) is 9.99. The second-order valence-corrected chi connectivity index (χ2v) is 4.85. The molecule has 3 aromatic rings. The standard InChI is InChI=1S/C14H14N2O2/c1-14(2,17)9-5-6-10-11(8-9)16-13(15-10)12-4-3-7-18-12/h3-8,17H,1-2H3,(H,15,16). The number of H-pyrrole nitrogens is 1. The van der Waals surface area contributed by atoms with Crippen molar-refractivity contribution in [2.75, 3.05) is 0 Å². The summed E-state index contributed by atoms with van der Waals surface area (Å²) in [6.45, 7) is 3.52. The highest BCUT2D eigenvalue weighted by Crippen LogP contribution is 2.25. The first-order chi connectivity index (χ1) is 8.54. The average molecular weight is 242 g/mol. The van der Waals surface area contributed by atoms with E-state index in [0.29, 0.717) is 11.6 Å². The zero-order valence-corrected chi connectivity index (χ0v) is 10.3. The minimum Gasteiger partial charge on any atom is -0.461 e. The van der Waals surface area contributed by atoms with E-state index < -0.39 is 5.60 Å². The predicted octanol–water partition coefficient (Wildman–Crippen LogP) is 3.05. The number of furan rings is 1. The van der Waals surface area contributed by atoms with E-state index in [9.17, 15) is 5.11 Å². The van der Waals surface area contributed by atoms with Gasteiger partial charge in [0.05, 0.1) is 22.9 Å². The Bertz CT molecular complexity index is 675. The molecule has 0 spiro atoms. The molecule has 0 radical (unpaired) electrons. The summed E-state index contributed by atoms with van der Waals surface area (Å²) >= 11 is 0. The van der Waals surface area contributed by atoms with Crippen molar-refractivity contribution in [1.82, 2.24) is 9.97 Å². The van der Waals surface area contributed by atoms with Gasteiger partial charge in [0.1, 0.15) is 0 Å². The predicted molar refractivity (Wildman–Crippen MR) is 69.0 cm³/mol. The van der Waals surface area contributed by atoms with Crippen LogP contribution in [0.2, 0.25) is 0 Å². The molecule has 0 bridgehead atoms. The Hall–Kier alpha value is -2.07. The van der Waals surface area contributed by atoms with Gasteiger partial charge in [-0.3, -0.25) is 0 Å². The summed E-state index contributed by atoms with van der Waals surface area (Å²) < 4.78 is 5.30. The molecule has 1 aromatic carbocycles. The van der Waals surface area contributed by atoms with Gasteiger partial charge in [0.2, 0.25) is 0 Å². The molecule has 0 aliphatic rings. The summed E-state index contributed by atoms with van der Waals surface area (Å²) in [5.41, 5.74) is 1.74. The Morgan fingerprint density at radius 3 is 2.78 bits per heavy atom. The van der Waals surface area contributed by atoms with Crippen LogP contribution in [0.3, 0.4) is 0 Å². The number of aliphatic hydroxyl groups is 1. The summed E-state index contributed by atoms with van der Waals surface area (Å²) in [4.78, 5) is 7.64. The van der Waals surface area contributed by atoms with Crippen LogP contribution in [-0.4, -0.2) is 15.1 Å². The third-order valence-electron chi connectivity index (χ3n) is 2.94. The quantitative estimate of drug-likeness (QED) is 0.726. The van der Waals surface area contributed by atoms with Crippen molar-refractivity contribution in [2.45, 2.75) is 19.4 Å². The lowest BCUT2D eigenvalue weighted by Gasteiger charge is -2.17. The van der Waals surface area contributed by atoms with E-state index in [0.717, 1.165) is 16.6 Å². The first-order valence-electron chi connectivity index (χ1n) is 5.80. The fraction of sp³-hybridized carbons (Fsp3) is 0.214. The van der Waals surface area contributed by atoms with E-state index >= 15 is 0 Å². The van der Waals surface area contributed by atoms with Crippen LogP contribution in [0.4, 0.5) is 0 Å². The smallest absolute Gasteiger partial charge is 0.174 e. The lowest BCUT2D eigenvalue weighted by Crippen LogP contribution is -2.14. The highest BCUT2D eigenvalue weighted by Gasteiger charge is 2.17. The molecule has 2 aromatic heterocycles. The number of aromatic nitrogens is 2. The minimum atomic E-state index is -0.857. The fourth-order valence-electron chi connectivity index (χ4n) is 1.92. The Balaban J connectivity index is 2.13. The van der Waals surface area contributed by atoms with Gasteiger partial charge in [-0.15, -0.1) is 0 Å². The van der Waals surface area contributed by atoms with Gasteiger partial charge >= 0.3 is 0 Å². The van der Waals surface area contributed by atoms with Gasteiger partial charge in [-0.05, 0) is 43.7 Å². The van der Waals surface area contributed by atoms with Crippen molar-refractivity contribution < 1.29 is 9.52 Å². The molecule has 0 saturated carbocycles. The second-order valence-electron chi connectivity index (χ2n) is 4.85. The van der Waals surface area contributed by atoms with E-state index in [1.165, 1.54) is 0 Å². The van der Waals surface area contributed by atoms with E-state index in [4.69, 9.17) is 4.42 Å². The average Bonchev–Trinajstić information content (AvgIpc) is 2.95. The molecule has 0 aliphatic carbocycles. The first kappa shape index (κ1) is 11.0. The fourth-order valence-corrected chi connectivity index (χ4v) is 1.92. The molecule has 0 fully saturated rings. The highest BCUT2D eigenvalue weighted by atomic mass is 16.3. The molecule has 4 nitrogen and oxygen atoms in total. The van der Waals surface area contributed by atoms with Crippen LogP contribution < -0.4 is 0 Å². The Morgan fingerprint density at radius 2 is 2.11 bits per heavy atom. The molecular formula is C14H14N2O2. The van der Waals surface area contributed by atoms with E-state index in [1.54, 1.807) is 20.1 Å². The van der Waals surface area contributed by atoms with Crippen LogP contribution in [0.1, 0.15) is 19.4 Å². The number of fused-ring (bicyclic) bond motifs is 1. The first-order valence-corrected chi connectivity index (χ1v) is 5.80. The Kier molecular flexibility index (Phi) is 2.28. The molecule has 0 saturated heterocycles. The minimum absolute atomic E-state index is 0.697. The van der Waals surface area contributed by atoms with Crippen LogP contribution in [-0.2, 0) is 5.60 Å². The number of nitrogens with zero attached hydrogens (tertiary/aromatic N) is 1. The van der Waals surface area contributed by atoms with Crippen LogP contribution in [0.5, 0.6) is 0 Å². The number of hydrogen-bond acceptors (Lipinski definition) is 3. The van der Waals surface area contributed by atoms with Gasteiger partial charge in [-0.25, -0.2) is 4.98 Å². The molecule has 4 heteroatoms. The zero-order chi connectivity index (χ0) is 12.8. The number of aromatic amines is 1. The van der Waals surface area contributed by atoms with Crippen molar-refractivity contribution in [3.63, 3.8) is 0 Å². The monoisotopic (exact) mass is 242 g/mol. The molecule has 0 atom stereocenters. The maximum absolute atomic E-state index is 9.99. The van der Waals surface area contributed by atoms with Crippen LogP contribution >= 0.6 is 0 Å². The molecule has 0 aliphatic heterocycles. The maximum Gasteiger partial charge on any atom is 0.174 e. The van der Waals surface area contributed by atoms with Gasteiger partial charge in [-0.2, -0.15) is 0 Å². The third-order valence-corrected chi connectivity index (χ3v) is 2.94. The van der Waals surface area contributed by atoms with Crippen molar-refractivity contribution in [3.05, 3.63) is 42.2 Å². The van der Waals surface area contributed by atoms with Gasteiger partial charge in [0.25, 0.3) is 0 Å². The molecule has 0 amide bonds. The normalized spacial score (nSPS) is 12.2. The van der Waals surface area contributed by atoms with Crippen molar-refractivity contribution in [1.29, 1.82) is 0 Å². The molecule has 2 N–H and O–H groups in total. The number of benzene rings is 1. The second kappa shape index (κ2) is 3.71. The summed E-state index contributed by atoms with van der Waals surface area (Å²) in [6.07, 6.45) is 1.62. The van der Waals surface area contributed by atoms with Gasteiger partial charge in [-0.1, -0.05) is 6.07 Å². The highest BCUT2D eigenvalue weighted by molar-refractivity contribution is 5.79. The lowest BCUT2D eigenvalue weighted by atomic mass is 9.98. The van der Waals surface area contributed by atoms with Crippen LogP contribution in [0, 0.1) is 0 Å². The van der Waals surface area contributed by atoms with Crippen LogP contribution in [0.15, 0.2) is 41.0 Å². The Labute approximate surface area is 104 Å². The topological polar surface area (TPSA) is 62.1 Å². The molecule has 2 heterocycles. The van der Waals surface area contributed by atoms with Gasteiger partial charge in [0.15, 0.2) is 11.6 Å². The molecular weight excluding hydrogens is 228 g/mol. The number of hydrogen-bond donors (Lipinski definition) is 2. The zero-order valence-electron chi connectivity index (χ0n) is 10.3. The maximum atomic E-state index is 9.99. The van der Waals surface area contributed by atoms with E-state index in [2.05, 4.69) is 9.97 Å². The molecule has 92 valence electrons. The number of rotatable bonds is 2. The van der Waals surface area contributed by atoms with Crippen molar-refractivity contribution >= 4 is 11.0 Å².